The third kappa shape index (κ3) is 2.02. The molecule has 15 heavy (non-hydrogen) atoms. The van der Waals surface area contributed by atoms with Crippen LogP contribution in [0.5, 0.6) is 0 Å². The zero-order valence-corrected chi connectivity index (χ0v) is 8.75. The van der Waals surface area contributed by atoms with E-state index >= 15 is 0 Å². The molecule has 1 fully saturated rings. The van der Waals surface area contributed by atoms with Gasteiger partial charge in [-0.15, -0.1) is 0 Å². The largest absolute Gasteiger partial charge is 0.328 e. The van der Waals surface area contributed by atoms with E-state index in [1.807, 2.05) is 0 Å². The molecule has 0 bridgehead atoms. The van der Waals surface area contributed by atoms with Gasteiger partial charge in [0, 0.05) is 18.8 Å². The summed E-state index contributed by atoms with van der Waals surface area (Å²) < 4.78 is 1.43. The number of nitrogens with zero attached hydrogens (tertiary/aromatic N) is 1. The van der Waals surface area contributed by atoms with E-state index in [9.17, 15) is 9.59 Å². The lowest BCUT2D eigenvalue weighted by Crippen LogP contribution is -2.34. The van der Waals surface area contributed by atoms with Crippen molar-refractivity contribution in [3.05, 3.63) is 32.6 Å². The van der Waals surface area contributed by atoms with Crippen molar-refractivity contribution in [3.8, 4) is 0 Å². The van der Waals surface area contributed by atoms with Crippen molar-refractivity contribution in [2.75, 3.05) is 13.1 Å². The molecule has 2 rings (SSSR count). The van der Waals surface area contributed by atoms with Gasteiger partial charge in [-0.25, -0.2) is 4.79 Å². The Balaban J connectivity index is 2.39. The normalized spacial score (nSPS) is 17.9. The maximum absolute atomic E-state index is 11.6. The van der Waals surface area contributed by atoms with Crippen LogP contribution in [0.2, 0.25) is 0 Å². The Labute approximate surface area is 87.1 Å². The Kier molecular flexibility index (Phi) is 2.73. The van der Waals surface area contributed by atoms with Crippen LogP contribution < -0.4 is 16.6 Å². The highest BCUT2D eigenvalue weighted by Gasteiger charge is 2.18. The summed E-state index contributed by atoms with van der Waals surface area (Å²) in [5.74, 6) is 0.279. The van der Waals surface area contributed by atoms with Crippen molar-refractivity contribution in [2.24, 2.45) is 7.05 Å². The lowest BCUT2D eigenvalue weighted by atomic mass is 9.92. The minimum Gasteiger partial charge on any atom is -0.317 e. The Bertz CT molecular complexity index is 454. The minimum atomic E-state index is -0.349. The first-order valence-electron chi connectivity index (χ1n) is 5.19. The maximum atomic E-state index is 11.6. The SMILES string of the molecule is Cn1cc(C2CCNCC2)c(=O)[nH]c1=O. The van der Waals surface area contributed by atoms with Crippen molar-refractivity contribution >= 4 is 0 Å². The molecule has 0 aliphatic carbocycles. The Hall–Kier alpha value is -1.36. The highest BCUT2D eigenvalue weighted by Crippen LogP contribution is 2.21. The van der Waals surface area contributed by atoms with Gasteiger partial charge in [-0.3, -0.25) is 9.78 Å². The van der Waals surface area contributed by atoms with Crippen LogP contribution in [0.15, 0.2) is 15.8 Å². The summed E-state index contributed by atoms with van der Waals surface area (Å²) in [5.41, 5.74) is 0.154. The molecule has 5 heteroatoms. The van der Waals surface area contributed by atoms with Crippen LogP contribution in [-0.4, -0.2) is 22.6 Å². The maximum Gasteiger partial charge on any atom is 0.328 e. The molecule has 2 N–H and O–H groups in total. The average molecular weight is 209 g/mol. The van der Waals surface area contributed by atoms with E-state index in [-0.39, 0.29) is 17.2 Å². The first-order valence-corrected chi connectivity index (χ1v) is 5.19. The molecule has 1 saturated heterocycles. The van der Waals surface area contributed by atoms with E-state index in [0.717, 1.165) is 31.5 Å². The van der Waals surface area contributed by atoms with Crippen molar-refractivity contribution < 1.29 is 0 Å². The van der Waals surface area contributed by atoms with Crippen molar-refractivity contribution in [2.45, 2.75) is 18.8 Å². The first-order chi connectivity index (χ1) is 7.18. The number of aromatic nitrogens is 2. The van der Waals surface area contributed by atoms with Gasteiger partial charge in [0.1, 0.15) is 0 Å². The monoisotopic (exact) mass is 209 g/mol. The zero-order chi connectivity index (χ0) is 10.8. The molecule has 0 unspecified atom stereocenters. The van der Waals surface area contributed by atoms with Crippen LogP contribution in [0.25, 0.3) is 0 Å². The second-order valence-electron chi connectivity index (χ2n) is 3.98. The lowest BCUT2D eigenvalue weighted by molar-refractivity contribution is 0.454. The topological polar surface area (TPSA) is 66.9 Å². The smallest absolute Gasteiger partial charge is 0.317 e. The molecule has 1 aromatic heterocycles. The highest BCUT2D eigenvalue weighted by atomic mass is 16.2. The van der Waals surface area contributed by atoms with Gasteiger partial charge in [-0.2, -0.15) is 0 Å². The molecular weight excluding hydrogens is 194 g/mol. The third-order valence-corrected chi connectivity index (χ3v) is 2.91. The van der Waals surface area contributed by atoms with Gasteiger partial charge >= 0.3 is 5.69 Å². The molecule has 0 spiro atoms. The number of rotatable bonds is 1. The third-order valence-electron chi connectivity index (χ3n) is 2.91. The second kappa shape index (κ2) is 4.02. The molecule has 0 saturated carbocycles. The summed E-state index contributed by atoms with van der Waals surface area (Å²) in [6.07, 6.45) is 3.58. The number of hydrogen-bond acceptors (Lipinski definition) is 3. The number of aryl methyl sites for hydroxylation is 1. The second-order valence-corrected chi connectivity index (χ2v) is 3.98. The van der Waals surface area contributed by atoms with Crippen LogP contribution in [0.4, 0.5) is 0 Å². The summed E-state index contributed by atoms with van der Waals surface area (Å²) in [5, 5.41) is 3.25. The molecule has 1 aliphatic heterocycles. The molecule has 0 aromatic carbocycles. The number of nitrogens with one attached hydrogen (secondary N) is 2. The molecule has 0 radical (unpaired) electrons. The van der Waals surface area contributed by atoms with Gasteiger partial charge in [0.2, 0.25) is 0 Å². The molecule has 82 valence electrons. The highest BCUT2D eigenvalue weighted by molar-refractivity contribution is 5.12. The van der Waals surface area contributed by atoms with Gasteiger partial charge in [-0.05, 0) is 31.8 Å². The van der Waals surface area contributed by atoms with Crippen LogP contribution in [0.3, 0.4) is 0 Å². The zero-order valence-electron chi connectivity index (χ0n) is 8.75. The van der Waals surface area contributed by atoms with E-state index in [1.165, 1.54) is 4.57 Å². The molecular formula is C10H15N3O2. The molecule has 2 heterocycles. The van der Waals surface area contributed by atoms with Crippen molar-refractivity contribution in [1.29, 1.82) is 0 Å². The number of H-pyrrole nitrogens is 1. The number of aromatic amines is 1. The predicted molar refractivity (Wildman–Crippen MR) is 57.1 cm³/mol. The molecule has 1 aliphatic rings. The summed E-state index contributed by atoms with van der Waals surface area (Å²) in [4.78, 5) is 25.1. The van der Waals surface area contributed by atoms with Crippen LogP contribution in [0.1, 0.15) is 24.3 Å². The van der Waals surface area contributed by atoms with E-state index in [0.29, 0.717) is 0 Å². The molecule has 1 aromatic rings. The average Bonchev–Trinajstić information content (AvgIpc) is 2.25. The Morgan fingerprint density at radius 1 is 1.33 bits per heavy atom. The molecule has 0 atom stereocenters. The number of hydrogen-bond donors (Lipinski definition) is 2. The lowest BCUT2D eigenvalue weighted by Gasteiger charge is -2.22. The van der Waals surface area contributed by atoms with E-state index in [4.69, 9.17) is 0 Å². The molecule has 5 nitrogen and oxygen atoms in total. The van der Waals surface area contributed by atoms with Gasteiger partial charge < -0.3 is 9.88 Å². The van der Waals surface area contributed by atoms with Gasteiger partial charge in [0.15, 0.2) is 0 Å². The van der Waals surface area contributed by atoms with Crippen molar-refractivity contribution in [3.63, 3.8) is 0 Å². The standard InChI is InChI=1S/C10H15N3O2/c1-13-6-8(9(14)12-10(13)15)7-2-4-11-5-3-7/h6-7,11H,2-5H2,1H3,(H,12,14,15). The van der Waals surface area contributed by atoms with Crippen LogP contribution >= 0.6 is 0 Å². The first kappa shape index (κ1) is 10.2. The molecule has 0 amide bonds. The number of piperidine rings is 1. The van der Waals surface area contributed by atoms with E-state index in [2.05, 4.69) is 10.3 Å². The van der Waals surface area contributed by atoms with Gasteiger partial charge in [0.05, 0.1) is 0 Å². The summed E-state index contributed by atoms with van der Waals surface area (Å²) in [7, 11) is 1.66. The van der Waals surface area contributed by atoms with Gasteiger partial charge in [-0.1, -0.05) is 0 Å². The fourth-order valence-corrected chi connectivity index (χ4v) is 2.01. The van der Waals surface area contributed by atoms with Crippen LogP contribution in [0, 0.1) is 0 Å². The van der Waals surface area contributed by atoms with Crippen molar-refractivity contribution in [1.82, 2.24) is 14.9 Å². The van der Waals surface area contributed by atoms with E-state index in [1.54, 1.807) is 13.2 Å². The predicted octanol–water partition coefficient (Wildman–Crippen LogP) is -0.459. The quantitative estimate of drug-likeness (QED) is 0.657. The fourth-order valence-electron chi connectivity index (χ4n) is 2.01. The Morgan fingerprint density at radius 2 is 2.00 bits per heavy atom. The Morgan fingerprint density at radius 3 is 2.67 bits per heavy atom. The summed E-state index contributed by atoms with van der Waals surface area (Å²) in [6, 6.07) is 0. The van der Waals surface area contributed by atoms with E-state index < -0.39 is 0 Å². The van der Waals surface area contributed by atoms with Crippen LogP contribution in [-0.2, 0) is 7.05 Å². The van der Waals surface area contributed by atoms with Gasteiger partial charge in [0.25, 0.3) is 5.56 Å². The minimum absolute atomic E-state index is 0.231. The summed E-state index contributed by atoms with van der Waals surface area (Å²) >= 11 is 0. The fraction of sp³-hybridized carbons (Fsp3) is 0.600. The summed E-state index contributed by atoms with van der Waals surface area (Å²) in [6.45, 7) is 1.87.